The second-order valence-electron chi connectivity index (χ2n) is 4.96. The Balaban J connectivity index is 1.76. The summed E-state index contributed by atoms with van der Waals surface area (Å²) >= 11 is 0. The molecular weight excluding hydrogens is 256 g/mol. The number of hydrogen-bond acceptors (Lipinski definition) is 5. The van der Waals surface area contributed by atoms with E-state index in [1.165, 1.54) is 0 Å². The van der Waals surface area contributed by atoms with Crippen molar-refractivity contribution in [1.82, 2.24) is 10.2 Å². The van der Waals surface area contributed by atoms with E-state index in [-0.39, 0.29) is 12.7 Å². The summed E-state index contributed by atoms with van der Waals surface area (Å²) in [5.41, 5.74) is 2.08. The largest absolute Gasteiger partial charge is 0.484 e. The van der Waals surface area contributed by atoms with Gasteiger partial charge in [0.2, 0.25) is 5.89 Å². The molecule has 5 nitrogen and oxygen atoms in total. The molecule has 0 radical (unpaired) electrons. The highest BCUT2D eigenvalue weighted by Crippen LogP contribution is 2.35. The topological polar surface area (TPSA) is 68.4 Å². The third-order valence-corrected chi connectivity index (χ3v) is 3.59. The lowest BCUT2D eigenvalue weighted by Gasteiger charge is -2.23. The molecule has 1 aromatic heterocycles. The molecule has 1 heterocycles. The van der Waals surface area contributed by atoms with Crippen LogP contribution in [0.5, 0.6) is 5.75 Å². The fourth-order valence-electron chi connectivity index (χ4n) is 2.55. The Morgan fingerprint density at radius 3 is 3.00 bits per heavy atom. The lowest BCUT2D eigenvalue weighted by atomic mass is 9.89. The number of benzene rings is 1. The smallest absolute Gasteiger partial charge is 0.253 e. The fourth-order valence-corrected chi connectivity index (χ4v) is 2.55. The van der Waals surface area contributed by atoms with Gasteiger partial charge in [-0.15, -0.1) is 10.2 Å². The number of fused-ring (bicyclic) bond motifs is 1. The number of aromatic nitrogens is 2. The summed E-state index contributed by atoms with van der Waals surface area (Å²) in [6.45, 7) is 2.23. The number of aryl methyl sites for hydroxylation is 1. The Labute approximate surface area is 117 Å². The predicted molar refractivity (Wildman–Crippen MR) is 72.3 cm³/mol. The van der Waals surface area contributed by atoms with Crippen molar-refractivity contribution in [2.45, 2.75) is 45.3 Å². The van der Waals surface area contributed by atoms with Gasteiger partial charge in [-0.05, 0) is 36.5 Å². The quantitative estimate of drug-likeness (QED) is 0.928. The fraction of sp³-hybridized carbons (Fsp3) is 0.467. The van der Waals surface area contributed by atoms with E-state index in [9.17, 15) is 5.11 Å². The van der Waals surface area contributed by atoms with Gasteiger partial charge in [-0.1, -0.05) is 19.1 Å². The lowest BCUT2D eigenvalue weighted by Crippen LogP contribution is -2.11. The molecule has 1 aliphatic rings. The number of rotatable bonds is 4. The van der Waals surface area contributed by atoms with Crippen molar-refractivity contribution in [3.05, 3.63) is 41.1 Å². The minimum atomic E-state index is -0.377. The predicted octanol–water partition coefficient (Wildman–Crippen LogP) is 2.58. The SMILES string of the molecule is CCc1nnc(COc2cccc3c2CCCC3O)o1. The minimum absolute atomic E-state index is 0.263. The molecule has 0 saturated heterocycles. The van der Waals surface area contributed by atoms with Gasteiger partial charge >= 0.3 is 0 Å². The van der Waals surface area contributed by atoms with Crippen LogP contribution < -0.4 is 4.74 Å². The maximum absolute atomic E-state index is 10.0. The van der Waals surface area contributed by atoms with E-state index in [1.807, 2.05) is 25.1 Å². The summed E-state index contributed by atoms with van der Waals surface area (Å²) in [5, 5.41) is 17.9. The second-order valence-corrected chi connectivity index (χ2v) is 4.96. The number of hydrogen-bond donors (Lipinski definition) is 1. The highest BCUT2D eigenvalue weighted by Gasteiger charge is 2.21. The molecule has 0 spiro atoms. The molecule has 0 aliphatic heterocycles. The van der Waals surface area contributed by atoms with Gasteiger partial charge in [0.15, 0.2) is 6.61 Å². The molecule has 0 bridgehead atoms. The van der Waals surface area contributed by atoms with Gasteiger partial charge in [-0.2, -0.15) is 0 Å². The van der Waals surface area contributed by atoms with Crippen molar-refractivity contribution in [2.75, 3.05) is 0 Å². The highest BCUT2D eigenvalue weighted by atomic mass is 16.5. The van der Waals surface area contributed by atoms with Crippen molar-refractivity contribution < 1.29 is 14.3 Å². The molecule has 1 aliphatic carbocycles. The van der Waals surface area contributed by atoms with E-state index in [4.69, 9.17) is 9.15 Å². The number of nitrogens with zero attached hydrogens (tertiary/aromatic N) is 2. The first-order valence-electron chi connectivity index (χ1n) is 7.02. The van der Waals surface area contributed by atoms with Crippen LogP contribution in [0.25, 0.3) is 0 Å². The summed E-state index contributed by atoms with van der Waals surface area (Å²) in [4.78, 5) is 0. The molecule has 1 N–H and O–H groups in total. The van der Waals surface area contributed by atoms with E-state index < -0.39 is 0 Å². The van der Waals surface area contributed by atoms with Crippen LogP contribution in [0.15, 0.2) is 22.6 Å². The molecule has 5 heteroatoms. The van der Waals surface area contributed by atoms with Gasteiger partial charge in [0.1, 0.15) is 5.75 Å². The normalized spacial score (nSPS) is 17.8. The molecule has 3 rings (SSSR count). The van der Waals surface area contributed by atoms with Crippen molar-refractivity contribution in [3.8, 4) is 5.75 Å². The van der Waals surface area contributed by atoms with Crippen molar-refractivity contribution in [1.29, 1.82) is 0 Å². The Kier molecular flexibility index (Phi) is 3.69. The van der Waals surface area contributed by atoms with E-state index in [0.717, 1.165) is 42.6 Å². The molecule has 0 saturated carbocycles. The summed E-state index contributed by atoms with van der Waals surface area (Å²) in [6.07, 6.45) is 3.08. The summed E-state index contributed by atoms with van der Waals surface area (Å²) in [5.74, 6) is 1.91. The molecule has 106 valence electrons. The van der Waals surface area contributed by atoms with Crippen LogP contribution in [0, 0.1) is 0 Å². The van der Waals surface area contributed by atoms with Crippen LogP contribution in [0.4, 0.5) is 0 Å². The van der Waals surface area contributed by atoms with Gasteiger partial charge < -0.3 is 14.3 Å². The second kappa shape index (κ2) is 5.63. The highest BCUT2D eigenvalue weighted by molar-refractivity contribution is 5.42. The third-order valence-electron chi connectivity index (χ3n) is 3.59. The zero-order chi connectivity index (χ0) is 13.9. The van der Waals surface area contributed by atoms with Crippen LogP contribution in [-0.2, 0) is 19.4 Å². The summed E-state index contributed by atoms with van der Waals surface area (Å²) < 4.78 is 11.2. The van der Waals surface area contributed by atoms with Crippen LogP contribution in [-0.4, -0.2) is 15.3 Å². The Hall–Kier alpha value is -1.88. The minimum Gasteiger partial charge on any atom is -0.484 e. The van der Waals surface area contributed by atoms with Crippen molar-refractivity contribution >= 4 is 0 Å². The molecule has 0 amide bonds. The Morgan fingerprint density at radius 1 is 1.35 bits per heavy atom. The van der Waals surface area contributed by atoms with Crippen LogP contribution in [0.1, 0.15) is 48.8 Å². The monoisotopic (exact) mass is 274 g/mol. The maximum atomic E-state index is 10.0. The average Bonchev–Trinajstić information content (AvgIpc) is 2.94. The molecule has 0 fully saturated rings. The van der Waals surface area contributed by atoms with E-state index in [2.05, 4.69) is 10.2 Å². The van der Waals surface area contributed by atoms with Gasteiger partial charge in [-0.25, -0.2) is 0 Å². The summed E-state index contributed by atoms with van der Waals surface area (Å²) in [7, 11) is 0. The first kappa shape index (κ1) is 13.1. The van der Waals surface area contributed by atoms with Crippen molar-refractivity contribution in [2.24, 2.45) is 0 Å². The molecule has 20 heavy (non-hydrogen) atoms. The van der Waals surface area contributed by atoms with Gasteiger partial charge in [0.05, 0.1) is 6.10 Å². The van der Waals surface area contributed by atoms with Crippen LogP contribution in [0.3, 0.4) is 0 Å². The zero-order valence-corrected chi connectivity index (χ0v) is 11.5. The standard InChI is InChI=1S/C15H18N2O3/c1-2-14-16-17-15(20-14)9-19-13-8-4-5-10-11(13)6-3-7-12(10)18/h4-5,8,12,18H,2-3,6-7,9H2,1H3. The Bertz CT molecular complexity index is 595. The molecule has 1 atom stereocenters. The summed E-state index contributed by atoms with van der Waals surface area (Å²) in [6, 6.07) is 5.80. The van der Waals surface area contributed by atoms with E-state index in [0.29, 0.717) is 11.8 Å². The molecule has 2 aromatic rings. The number of aliphatic hydroxyl groups is 1. The molecule has 1 unspecified atom stereocenters. The number of aliphatic hydroxyl groups excluding tert-OH is 1. The van der Waals surface area contributed by atoms with E-state index >= 15 is 0 Å². The third kappa shape index (κ3) is 2.54. The number of ether oxygens (including phenoxy) is 1. The first-order valence-corrected chi connectivity index (χ1v) is 7.02. The Morgan fingerprint density at radius 2 is 2.20 bits per heavy atom. The first-order chi connectivity index (χ1) is 9.78. The zero-order valence-electron chi connectivity index (χ0n) is 11.5. The van der Waals surface area contributed by atoms with Crippen LogP contribution in [0.2, 0.25) is 0 Å². The lowest BCUT2D eigenvalue weighted by molar-refractivity contribution is 0.154. The van der Waals surface area contributed by atoms with Crippen molar-refractivity contribution in [3.63, 3.8) is 0 Å². The average molecular weight is 274 g/mol. The molecular formula is C15H18N2O3. The van der Waals surface area contributed by atoms with Gasteiger partial charge in [-0.3, -0.25) is 0 Å². The van der Waals surface area contributed by atoms with E-state index in [1.54, 1.807) is 0 Å². The maximum Gasteiger partial charge on any atom is 0.253 e. The van der Waals surface area contributed by atoms with Gasteiger partial charge in [0, 0.05) is 6.42 Å². The van der Waals surface area contributed by atoms with Gasteiger partial charge in [0.25, 0.3) is 5.89 Å². The van der Waals surface area contributed by atoms with Crippen LogP contribution >= 0.6 is 0 Å². The molecule has 1 aromatic carbocycles.